The van der Waals surface area contributed by atoms with Crippen LogP contribution >= 0.6 is 0 Å². The fourth-order valence-corrected chi connectivity index (χ4v) is 12.0. The molecule has 0 N–H and O–H groups in total. The third-order valence-corrected chi connectivity index (χ3v) is 15.5. The van der Waals surface area contributed by atoms with Crippen molar-refractivity contribution in [2.45, 2.75) is 0 Å². The van der Waals surface area contributed by atoms with Crippen molar-refractivity contribution in [3.05, 3.63) is 261 Å². The first kappa shape index (κ1) is 43.0. The Morgan fingerprint density at radius 1 is 0.286 bits per heavy atom. The number of fused-ring (bicyclic) bond motifs is 12. The Bertz CT molecular complexity index is 5020. The number of para-hydroxylation sites is 2. The average molecular weight is 982 g/mol. The van der Waals surface area contributed by atoms with Gasteiger partial charge in [0.15, 0.2) is 17.5 Å². The molecule has 4 heterocycles. The van der Waals surface area contributed by atoms with E-state index < -0.39 is 0 Å². The molecule has 0 aliphatic carbocycles. The van der Waals surface area contributed by atoms with E-state index >= 15 is 0 Å². The standard InChI is InChI=1S/C71H43N5O/c1-4-17-44(18-5-1)45-31-33-48(34-32-45)69-72-70(51-36-38-62-58(40-51)54-27-14-15-29-61(54)75(62)52-24-8-3-9-25-52)74-71(73-69)56-28-16-30-65-67(56)60-42-57(46-19-6-2-7-20-46)64(43-66(60)77-65)76-63-41-50-23-11-10-22-49(50)39-59(63)55-37-35-47-21-12-13-26-53(47)68(55)76/h1-43H. The average Bonchev–Trinajstić information content (AvgIpc) is 4.31. The van der Waals surface area contributed by atoms with Gasteiger partial charge in [-0.3, -0.25) is 0 Å². The van der Waals surface area contributed by atoms with Crippen molar-refractivity contribution >= 4 is 87.1 Å². The molecule has 0 spiro atoms. The minimum absolute atomic E-state index is 0.559. The Hall–Kier alpha value is -10.4. The number of furan rings is 1. The molecule has 77 heavy (non-hydrogen) atoms. The van der Waals surface area contributed by atoms with Gasteiger partial charge in [0.25, 0.3) is 0 Å². The van der Waals surface area contributed by atoms with Crippen LogP contribution in [0.25, 0.3) is 155 Å². The molecule has 4 aromatic heterocycles. The molecule has 0 saturated carbocycles. The van der Waals surface area contributed by atoms with Gasteiger partial charge in [-0.15, -0.1) is 0 Å². The zero-order valence-corrected chi connectivity index (χ0v) is 41.5. The Labute approximate surface area is 442 Å². The van der Waals surface area contributed by atoms with E-state index in [0.29, 0.717) is 17.5 Å². The van der Waals surface area contributed by atoms with Crippen molar-refractivity contribution < 1.29 is 4.42 Å². The van der Waals surface area contributed by atoms with Gasteiger partial charge in [-0.05, 0) is 93.5 Å². The van der Waals surface area contributed by atoms with E-state index in [1.54, 1.807) is 0 Å². The third-order valence-electron chi connectivity index (χ3n) is 15.5. The number of hydrogen-bond donors (Lipinski definition) is 0. The minimum Gasteiger partial charge on any atom is -0.456 e. The highest BCUT2D eigenvalue weighted by Crippen LogP contribution is 2.45. The van der Waals surface area contributed by atoms with Crippen molar-refractivity contribution in [1.82, 2.24) is 24.1 Å². The molecule has 16 aromatic rings. The molecule has 0 bridgehead atoms. The molecule has 12 aromatic carbocycles. The highest BCUT2D eigenvalue weighted by Gasteiger charge is 2.24. The molecular weight excluding hydrogens is 939 g/mol. The molecule has 0 radical (unpaired) electrons. The van der Waals surface area contributed by atoms with Gasteiger partial charge >= 0.3 is 0 Å². The zero-order chi connectivity index (χ0) is 50.6. The molecule has 0 amide bonds. The van der Waals surface area contributed by atoms with Crippen LogP contribution in [0.3, 0.4) is 0 Å². The van der Waals surface area contributed by atoms with Crippen LogP contribution < -0.4 is 0 Å². The summed E-state index contributed by atoms with van der Waals surface area (Å²) in [7, 11) is 0. The van der Waals surface area contributed by atoms with E-state index in [0.717, 1.165) is 105 Å². The number of rotatable bonds is 7. The normalized spacial score (nSPS) is 11.9. The number of hydrogen-bond acceptors (Lipinski definition) is 4. The van der Waals surface area contributed by atoms with E-state index in [2.05, 4.69) is 258 Å². The second-order valence-electron chi connectivity index (χ2n) is 19.9. The molecule has 358 valence electrons. The van der Waals surface area contributed by atoms with Gasteiger partial charge in [-0.1, -0.05) is 194 Å². The maximum Gasteiger partial charge on any atom is 0.164 e. The van der Waals surface area contributed by atoms with Crippen molar-refractivity contribution in [2.75, 3.05) is 0 Å². The van der Waals surface area contributed by atoms with Gasteiger partial charge in [0, 0.05) is 71.7 Å². The van der Waals surface area contributed by atoms with E-state index in [1.807, 2.05) is 12.1 Å². The van der Waals surface area contributed by atoms with Crippen LogP contribution in [0.15, 0.2) is 265 Å². The lowest BCUT2D eigenvalue weighted by molar-refractivity contribution is 0.668. The molecule has 0 atom stereocenters. The van der Waals surface area contributed by atoms with Gasteiger partial charge in [-0.25, -0.2) is 15.0 Å². The van der Waals surface area contributed by atoms with E-state index in [9.17, 15) is 0 Å². The Morgan fingerprint density at radius 3 is 1.68 bits per heavy atom. The molecule has 0 unspecified atom stereocenters. The molecule has 16 rings (SSSR count). The van der Waals surface area contributed by atoms with Gasteiger partial charge in [-0.2, -0.15) is 0 Å². The Morgan fingerprint density at radius 2 is 0.883 bits per heavy atom. The van der Waals surface area contributed by atoms with Crippen molar-refractivity contribution in [2.24, 2.45) is 0 Å². The maximum absolute atomic E-state index is 7.05. The Balaban J connectivity index is 0.941. The number of aromatic nitrogens is 5. The van der Waals surface area contributed by atoms with Gasteiger partial charge in [0.05, 0.1) is 27.8 Å². The lowest BCUT2D eigenvalue weighted by Crippen LogP contribution is -2.01. The molecule has 0 aliphatic rings. The van der Waals surface area contributed by atoms with E-state index in [1.165, 1.54) is 32.3 Å². The summed E-state index contributed by atoms with van der Waals surface area (Å²) in [6.07, 6.45) is 0. The first-order valence-electron chi connectivity index (χ1n) is 26.1. The van der Waals surface area contributed by atoms with Crippen LogP contribution in [0.5, 0.6) is 0 Å². The first-order valence-corrected chi connectivity index (χ1v) is 26.1. The van der Waals surface area contributed by atoms with E-state index in [4.69, 9.17) is 19.4 Å². The summed E-state index contributed by atoms with van der Waals surface area (Å²) in [6, 6.07) is 92.8. The van der Waals surface area contributed by atoms with Crippen molar-refractivity contribution in [1.29, 1.82) is 0 Å². The quantitative estimate of drug-likeness (QED) is 0.160. The molecule has 6 heteroatoms. The monoisotopic (exact) mass is 981 g/mol. The molecule has 6 nitrogen and oxygen atoms in total. The summed E-state index contributed by atoms with van der Waals surface area (Å²) in [5.74, 6) is 1.72. The number of nitrogens with zero attached hydrogens (tertiary/aromatic N) is 5. The van der Waals surface area contributed by atoms with Crippen molar-refractivity contribution in [3.63, 3.8) is 0 Å². The summed E-state index contributed by atoms with van der Waals surface area (Å²) in [4.78, 5) is 16.1. The second kappa shape index (κ2) is 17.1. The predicted molar refractivity (Wildman–Crippen MR) is 318 cm³/mol. The summed E-state index contributed by atoms with van der Waals surface area (Å²) < 4.78 is 11.9. The second-order valence-corrected chi connectivity index (χ2v) is 19.9. The molecule has 0 fully saturated rings. The van der Waals surface area contributed by atoms with Crippen LogP contribution in [-0.4, -0.2) is 24.1 Å². The lowest BCUT2D eigenvalue weighted by atomic mass is 9.98. The predicted octanol–water partition coefficient (Wildman–Crippen LogP) is 18.6. The van der Waals surface area contributed by atoms with Crippen LogP contribution in [0.2, 0.25) is 0 Å². The highest BCUT2D eigenvalue weighted by molar-refractivity contribution is 6.22. The number of benzene rings is 12. The van der Waals surface area contributed by atoms with Crippen molar-refractivity contribution in [3.8, 4) is 67.8 Å². The molecule has 0 aliphatic heterocycles. The van der Waals surface area contributed by atoms with Crippen LogP contribution in [0.1, 0.15) is 0 Å². The summed E-state index contributed by atoms with van der Waals surface area (Å²) in [6.45, 7) is 0. The molecule has 0 saturated heterocycles. The summed E-state index contributed by atoms with van der Waals surface area (Å²) in [5.41, 5.74) is 15.3. The van der Waals surface area contributed by atoms with Gasteiger partial charge in [0.1, 0.15) is 11.2 Å². The Kier molecular flexibility index (Phi) is 9.53. The first-order chi connectivity index (χ1) is 38.2. The SMILES string of the molecule is c1ccc(-c2ccc(-c3nc(-c4ccc5c(c4)c4ccccc4n5-c4ccccc4)nc(-c4cccc5oc6cc(-n7c8cc9ccccc9cc8c8ccc9ccccc9c87)c(-c7ccccc7)cc6c45)n3)cc2)cc1. The minimum atomic E-state index is 0.559. The zero-order valence-electron chi connectivity index (χ0n) is 41.5. The van der Waals surface area contributed by atoms with Crippen LogP contribution in [0, 0.1) is 0 Å². The lowest BCUT2D eigenvalue weighted by Gasteiger charge is -2.16. The van der Waals surface area contributed by atoms with Gasteiger partial charge in [0.2, 0.25) is 0 Å². The maximum atomic E-state index is 7.05. The fraction of sp³-hybridized carbons (Fsp3) is 0. The largest absolute Gasteiger partial charge is 0.456 e. The molecular formula is C71H43N5O. The third kappa shape index (κ3) is 6.86. The summed E-state index contributed by atoms with van der Waals surface area (Å²) in [5, 5.41) is 11.4. The van der Waals surface area contributed by atoms with Crippen LogP contribution in [-0.2, 0) is 0 Å². The van der Waals surface area contributed by atoms with Crippen LogP contribution in [0.4, 0.5) is 0 Å². The summed E-state index contributed by atoms with van der Waals surface area (Å²) >= 11 is 0. The highest BCUT2D eigenvalue weighted by atomic mass is 16.3. The van der Waals surface area contributed by atoms with Gasteiger partial charge < -0.3 is 13.6 Å². The fourth-order valence-electron chi connectivity index (χ4n) is 12.0. The van der Waals surface area contributed by atoms with E-state index in [-0.39, 0.29) is 0 Å². The topological polar surface area (TPSA) is 61.7 Å². The smallest absolute Gasteiger partial charge is 0.164 e.